The average molecular weight is 232 g/mol. The Morgan fingerprint density at radius 3 is 2.29 bits per heavy atom. The van der Waals surface area contributed by atoms with Gasteiger partial charge in [0.05, 0.1) is 6.10 Å². The smallest absolute Gasteiger partial charge is 0.457 e. The van der Waals surface area contributed by atoms with Crippen LogP contribution in [0.4, 0.5) is 8.78 Å². The number of esters is 1. The fourth-order valence-corrected chi connectivity index (χ4v) is 0.699. The third-order valence-electron chi connectivity index (χ3n) is 1.44. The Kier molecular flexibility index (Phi) is 3.95. The molecule has 1 atom stereocenters. The van der Waals surface area contributed by atoms with Gasteiger partial charge in [-0.05, 0) is 13.3 Å². The lowest BCUT2D eigenvalue weighted by molar-refractivity contribution is -0.166. The summed E-state index contributed by atoms with van der Waals surface area (Å²) in [6.07, 6.45) is -0.581. The van der Waals surface area contributed by atoms with Crippen LogP contribution in [0.3, 0.4) is 0 Å². The highest BCUT2D eigenvalue weighted by atomic mass is 32.2. The van der Waals surface area contributed by atoms with Gasteiger partial charge in [-0.3, -0.25) is 4.55 Å². The Labute approximate surface area is 79.8 Å². The Morgan fingerprint density at radius 1 is 1.57 bits per heavy atom. The molecule has 0 rings (SSSR count). The summed E-state index contributed by atoms with van der Waals surface area (Å²) in [5.74, 6) is -2.27. The second-order valence-electron chi connectivity index (χ2n) is 2.62. The molecule has 0 spiro atoms. The molecule has 5 nitrogen and oxygen atoms in total. The molecule has 0 radical (unpaired) electrons. The van der Waals surface area contributed by atoms with Crippen LogP contribution in [0.2, 0.25) is 0 Å². The van der Waals surface area contributed by atoms with Gasteiger partial charge in [0.2, 0.25) is 0 Å². The summed E-state index contributed by atoms with van der Waals surface area (Å²) >= 11 is 0. The molecule has 0 aromatic carbocycles. The molecule has 14 heavy (non-hydrogen) atoms. The van der Waals surface area contributed by atoms with E-state index in [1.807, 2.05) is 0 Å². The normalized spacial score (nSPS) is 14.9. The second kappa shape index (κ2) is 4.18. The predicted octanol–water partition coefficient (Wildman–Crippen LogP) is 0.809. The van der Waals surface area contributed by atoms with Crippen LogP contribution in [0.1, 0.15) is 20.3 Å². The highest BCUT2D eigenvalue weighted by Gasteiger charge is 2.54. The molecule has 0 aliphatic carbocycles. The number of rotatable bonds is 4. The lowest BCUT2D eigenvalue weighted by Crippen LogP contribution is -2.40. The van der Waals surface area contributed by atoms with Gasteiger partial charge in [0.15, 0.2) is 0 Å². The maximum Gasteiger partial charge on any atom is 0.465 e. The summed E-state index contributed by atoms with van der Waals surface area (Å²) in [6.45, 7) is 2.88. The Balaban J connectivity index is 4.70. The molecular formula is C6H10F2O5S. The minimum absolute atomic E-state index is 0.257. The number of carbonyl (C=O) groups excluding carboxylic acids is 1. The maximum atomic E-state index is 12.5. The van der Waals surface area contributed by atoms with Crippen molar-refractivity contribution in [1.29, 1.82) is 0 Å². The molecule has 0 heterocycles. The average Bonchev–Trinajstić information content (AvgIpc) is 2.01. The van der Waals surface area contributed by atoms with Crippen molar-refractivity contribution in [2.24, 2.45) is 0 Å². The standard InChI is InChI=1S/C6H10F2O5S/c1-3-4(2)13-5(9)6(7,8)14(10,11)12/h4H,3H2,1-2H3,(H,10,11,12). The highest BCUT2D eigenvalue weighted by Crippen LogP contribution is 2.23. The molecule has 1 N–H and O–H groups in total. The van der Waals surface area contributed by atoms with Crippen molar-refractivity contribution in [3.8, 4) is 0 Å². The van der Waals surface area contributed by atoms with Crippen LogP contribution in [0.25, 0.3) is 0 Å². The largest absolute Gasteiger partial charge is 0.465 e. The molecule has 0 saturated heterocycles. The summed E-state index contributed by atoms with van der Waals surface area (Å²) in [4.78, 5) is 10.6. The number of halogens is 2. The van der Waals surface area contributed by atoms with E-state index in [0.717, 1.165) is 0 Å². The number of hydrogen-bond donors (Lipinski definition) is 1. The first-order valence-corrected chi connectivity index (χ1v) is 5.12. The first-order valence-electron chi connectivity index (χ1n) is 3.68. The van der Waals surface area contributed by atoms with Gasteiger partial charge in [0, 0.05) is 0 Å². The van der Waals surface area contributed by atoms with Crippen molar-refractivity contribution in [2.75, 3.05) is 0 Å². The molecule has 0 aromatic rings. The first-order chi connectivity index (χ1) is 6.13. The lowest BCUT2D eigenvalue weighted by atomic mass is 10.3. The molecule has 0 saturated carbocycles. The van der Waals surface area contributed by atoms with Crippen LogP contribution < -0.4 is 0 Å². The van der Waals surface area contributed by atoms with Gasteiger partial charge in [0.25, 0.3) is 0 Å². The quantitative estimate of drug-likeness (QED) is 0.573. The third kappa shape index (κ3) is 2.88. The maximum absolute atomic E-state index is 12.5. The summed E-state index contributed by atoms with van der Waals surface area (Å²) < 4.78 is 57.2. The van der Waals surface area contributed by atoms with Crippen LogP contribution in [-0.2, 0) is 19.6 Å². The van der Waals surface area contributed by atoms with E-state index >= 15 is 0 Å². The van der Waals surface area contributed by atoms with Gasteiger partial charge in [-0.25, -0.2) is 4.79 Å². The minimum atomic E-state index is -5.76. The highest BCUT2D eigenvalue weighted by molar-refractivity contribution is 7.87. The molecular weight excluding hydrogens is 222 g/mol. The molecule has 8 heteroatoms. The van der Waals surface area contributed by atoms with Crippen molar-refractivity contribution in [1.82, 2.24) is 0 Å². The van der Waals surface area contributed by atoms with E-state index in [9.17, 15) is 22.0 Å². The second-order valence-corrected chi connectivity index (χ2v) is 4.08. The fourth-order valence-electron chi connectivity index (χ4n) is 0.440. The summed E-state index contributed by atoms with van der Waals surface area (Å²) in [6, 6.07) is 0. The zero-order valence-electron chi connectivity index (χ0n) is 7.53. The van der Waals surface area contributed by atoms with Gasteiger partial charge in [-0.2, -0.15) is 17.2 Å². The summed E-state index contributed by atoms with van der Waals surface area (Å²) in [5.41, 5.74) is 0. The predicted molar refractivity (Wildman–Crippen MR) is 42.3 cm³/mol. The zero-order chi connectivity index (χ0) is 11.6. The van der Waals surface area contributed by atoms with E-state index in [-0.39, 0.29) is 6.42 Å². The fraction of sp³-hybridized carbons (Fsp3) is 0.833. The molecule has 84 valence electrons. The number of ether oxygens (including phenoxy) is 1. The topological polar surface area (TPSA) is 80.7 Å². The van der Waals surface area contributed by atoms with E-state index < -0.39 is 27.4 Å². The zero-order valence-corrected chi connectivity index (χ0v) is 8.35. The third-order valence-corrected chi connectivity index (χ3v) is 2.26. The van der Waals surface area contributed by atoms with Crippen molar-refractivity contribution in [3.63, 3.8) is 0 Å². The van der Waals surface area contributed by atoms with E-state index in [1.165, 1.54) is 6.92 Å². The van der Waals surface area contributed by atoms with Crippen molar-refractivity contribution in [3.05, 3.63) is 0 Å². The van der Waals surface area contributed by atoms with Gasteiger partial charge in [-0.15, -0.1) is 0 Å². The molecule has 1 unspecified atom stereocenters. The van der Waals surface area contributed by atoms with Gasteiger partial charge < -0.3 is 4.74 Å². The van der Waals surface area contributed by atoms with E-state index in [2.05, 4.69) is 4.74 Å². The van der Waals surface area contributed by atoms with Crippen molar-refractivity contribution in [2.45, 2.75) is 31.6 Å². The van der Waals surface area contributed by atoms with Crippen molar-refractivity contribution >= 4 is 16.1 Å². The minimum Gasteiger partial charge on any atom is -0.457 e. The number of alkyl halides is 2. The molecule has 0 fully saturated rings. The van der Waals surface area contributed by atoms with Gasteiger partial charge >= 0.3 is 21.3 Å². The van der Waals surface area contributed by atoms with Crippen molar-refractivity contribution < 1.29 is 31.3 Å². The molecule has 0 aliphatic rings. The van der Waals surface area contributed by atoms with E-state index in [0.29, 0.717) is 0 Å². The molecule has 0 amide bonds. The monoisotopic (exact) mass is 232 g/mol. The number of carbonyl (C=O) groups is 1. The molecule has 0 aliphatic heterocycles. The van der Waals surface area contributed by atoms with Crippen LogP contribution in [0.5, 0.6) is 0 Å². The number of hydrogen-bond acceptors (Lipinski definition) is 4. The molecule has 0 bridgehead atoms. The Hall–Kier alpha value is -0.760. The Bertz CT molecular complexity index is 310. The van der Waals surface area contributed by atoms with Crippen LogP contribution in [0, 0.1) is 0 Å². The van der Waals surface area contributed by atoms with E-state index in [1.54, 1.807) is 6.92 Å². The summed E-state index contributed by atoms with van der Waals surface area (Å²) in [5, 5.41) is -4.91. The summed E-state index contributed by atoms with van der Waals surface area (Å²) in [7, 11) is -5.76. The first kappa shape index (κ1) is 13.2. The van der Waals surface area contributed by atoms with Gasteiger partial charge in [-0.1, -0.05) is 6.92 Å². The lowest BCUT2D eigenvalue weighted by Gasteiger charge is -2.15. The Morgan fingerprint density at radius 2 is 2.00 bits per heavy atom. The van der Waals surface area contributed by atoms with Crippen LogP contribution in [0.15, 0.2) is 0 Å². The van der Waals surface area contributed by atoms with Gasteiger partial charge in [0.1, 0.15) is 0 Å². The molecule has 0 aromatic heterocycles. The van der Waals surface area contributed by atoms with Crippen LogP contribution >= 0.6 is 0 Å². The SMILES string of the molecule is CCC(C)OC(=O)C(F)(F)S(=O)(=O)O. The van der Waals surface area contributed by atoms with E-state index in [4.69, 9.17) is 4.55 Å². The van der Waals surface area contributed by atoms with Crippen LogP contribution in [-0.4, -0.2) is 30.3 Å².